The highest BCUT2D eigenvalue weighted by molar-refractivity contribution is 6.31. The maximum atomic E-state index is 6.33. The van der Waals surface area contributed by atoms with Crippen molar-refractivity contribution in [2.75, 3.05) is 0 Å². The fourth-order valence-electron chi connectivity index (χ4n) is 2.79. The molecule has 0 amide bonds. The Kier molecular flexibility index (Phi) is 2.91. The maximum Gasteiger partial charge on any atom is 0.134 e. The molecule has 0 bridgehead atoms. The molecule has 3 aromatic rings. The molecule has 4 heteroatoms. The Labute approximate surface area is 127 Å². The molecule has 3 nitrogen and oxygen atoms in total. The van der Waals surface area contributed by atoms with Crippen LogP contribution in [0.25, 0.3) is 11.0 Å². The Morgan fingerprint density at radius 3 is 2.86 bits per heavy atom. The van der Waals surface area contributed by atoms with Crippen LogP contribution >= 0.6 is 11.6 Å². The molecule has 1 aliphatic heterocycles. The van der Waals surface area contributed by atoms with Crippen LogP contribution in [0.5, 0.6) is 5.75 Å². The van der Waals surface area contributed by atoms with Gasteiger partial charge in [-0.25, -0.2) is 0 Å². The zero-order chi connectivity index (χ0) is 14.4. The van der Waals surface area contributed by atoms with E-state index >= 15 is 0 Å². The standard InChI is InChI=1S/C17H14ClNO2/c18-12-5-6-14-11(7-12)9-16(21-14)17(19)15-8-10-3-1-2-4-13(10)20-15/h1-7,9,15,17H,8,19H2. The number of para-hydroxylation sites is 1. The van der Waals surface area contributed by atoms with Crippen molar-refractivity contribution in [3.8, 4) is 5.75 Å². The van der Waals surface area contributed by atoms with Crippen molar-refractivity contribution in [1.29, 1.82) is 0 Å². The number of fused-ring (bicyclic) bond motifs is 2. The lowest BCUT2D eigenvalue weighted by atomic mass is 10.0. The number of ether oxygens (including phenoxy) is 1. The minimum Gasteiger partial charge on any atom is -0.488 e. The third kappa shape index (κ3) is 2.19. The maximum absolute atomic E-state index is 6.33. The van der Waals surface area contributed by atoms with Crippen LogP contribution in [0.1, 0.15) is 17.4 Å². The largest absolute Gasteiger partial charge is 0.488 e. The second kappa shape index (κ2) is 4.79. The molecule has 2 heterocycles. The van der Waals surface area contributed by atoms with E-state index in [1.165, 1.54) is 5.56 Å². The molecule has 4 rings (SSSR count). The van der Waals surface area contributed by atoms with Gasteiger partial charge < -0.3 is 14.9 Å². The third-order valence-corrected chi connectivity index (χ3v) is 4.13. The van der Waals surface area contributed by atoms with Gasteiger partial charge in [0.2, 0.25) is 0 Å². The first-order chi connectivity index (χ1) is 10.2. The van der Waals surface area contributed by atoms with E-state index in [0.29, 0.717) is 5.02 Å². The summed E-state index contributed by atoms with van der Waals surface area (Å²) in [6.07, 6.45) is 0.702. The molecule has 1 aliphatic rings. The topological polar surface area (TPSA) is 48.4 Å². The Hall–Kier alpha value is -1.97. The van der Waals surface area contributed by atoms with E-state index in [4.69, 9.17) is 26.5 Å². The molecule has 0 aliphatic carbocycles. The first-order valence-electron chi connectivity index (χ1n) is 6.90. The fourth-order valence-corrected chi connectivity index (χ4v) is 2.97. The molecule has 0 radical (unpaired) electrons. The van der Waals surface area contributed by atoms with Gasteiger partial charge in [-0.15, -0.1) is 0 Å². The van der Waals surface area contributed by atoms with Gasteiger partial charge in [0, 0.05) is 16.8 Å². The van der Waals surface area contributed by atoms with Gasteiger partial charge in [0.1, 0.15) is 29.2 Å². The highest BCUT2D eigenvalue weighted by Crippen LogP contribution is 2.35. The Morgan fingerprint density at radius 1 is 1.14 bits per heavy atom. The summed E-state index contributed by atoms with van der Waals surface area (Å²) < 4.78 is 11.8. The Bertz CT molecular complexity index is 786. The lowest BCUT2D eigenvalue weighted by Crippen LogP contribution is -2.29. The quantitative estimate of drug-likeness (QED) is 0.775. The summed E-state index contributed by atoms with van der Waals surface area (Å²) in [7, 11) is 0. The van der Waals surface area contributed by atoms with Crippen molar-refractivity contribution in [3.05, 3.63) is 64.9 Å². The molecular formula is C17H14ClNO2. The summed E-state index contributed by atoms with van der Waals surface area (Å²) in [5.74, 6) is 1.64. The zero-order valence-corrected chi connectivity index (χ0v) is 12.0. The molecule has 2 atom stereocenters. The van der Waals surface area contributed by atoms with Crippen LogP contribution in [0.2, 0.25) is 5.02 Å². The fraction of sp³-hybridized carbons (Fsp3) is 0.176. The summed E-state index contributed by atoms with van der Waals surface area (Å²) in [5.41, 5.74) is 8.31. The first kappa shape index (κ1) is 12.7. The molecule has 0 saturated heterocycles. The van der Waals surface area contributed by atoms with Crippen molar-refractivity contribution in [2.24, 2.45) is 5.73 Å². The second-order valence-corrected chi connectivity index (χ2v) is 5.76. The van der Waals surface area contributed by atoms with E-state index in [1.807, 2.05) is 42.5 Å². The van der Waals surface area contributed by atoms with Crippen molar-refractivity contribution in [1.82, 2.24) is 0 Å². The summed E-state index contributed by atoms with van der Waals surface area (Å²) in [6.45, 7) is 0. The summed E-state index contributed by atoms with van der Waals surface area (Å²) >= 11 is 6.00. The van der Waals surface area contributed by atoms with Crippen LogP contribution in [0.3, 0.4) is 0 Å². The first-order valence-corrected chi connectivity index (χ1v) is 7.27. The van der Waals surface area contributed by atoms with E-state index in [1.54, 1.807) is 0 Å². The number of benzene rings is 2. The molecular weight excluding hydrogens is 286 g/mol. The van der Waals surface area contributed by atoms with Gasteiger partial charge in [0.15, 0.2) is 0 Å². The molecule has 2 N–H and O–H groups in total. The smallest absolute Gasteiger partial charge is 0.134 e. The van der Waals surface area contributed by atoms with E-state index in [9.17, 15) is 0 Å². The van der Waals surface area contributed by atoms with Gasteiger partial charge in [0.25, 0.3) is 0 Å². The van der Waals surface area contributed by atoms with Gasteiger partial charge in [-0.3, -0.25) is 0 Å². The van der Waals surface area contributed by atoms with Crippen molar-refractivity contribution >= 4 is 22.6 Å². The average Bonchev–Trinajstić information content (AvgIpc) is 3.09. The number of nitrogens with two attached hydrogens (primary N) is 1. The summed E-state index contributed by atoms with van der Waals surface area (Å²) in [4.78, 5) is 0. The van der Waals surface area contributed by atoms with Crippen molar-refractivity contribution in [3.63, 3.8) is 0 Å². The molecule has 2 unspecified atom stereocenters. The normalized spacial score (nSPS) is 18.5. The lowest BCUT2D eigenvalue weighted by molar-refractivity contribution is 0.188. The Morgan fingerprint density at radius 2 is 2.00 bits per heavy atom. The van der Waals surface area contributed by atoms with E-state index in [0.717, 1.165) is 28.9 Å². The van der Waals surface area contributed by atoms with Crippen LogP contribution in [-0.2, 0) is 6.42 Å². The number of furan rings is 1. The van der Waals surface area contributed by atoms with Crippen molar-refractivity contribution < 1.29 is 9.15 Å². The lowest BCUT2D eigenvalue weighted by Gasteiger charge is -2.16. The molecule has 2 aromatic carbocycles. The molecule has 1 aromatic heterocycles. The van der Waals surface area contributed by atoms with E-state index in [-0.39, 0.29) is 12.1 Å². The highest BCUT2D eigenvalue weighted by Gasteiger charge is 2.30. The third-order valence-electron chi connectivity index (χ3n) is 3.90. The van der Waals surface area contributed by atoms with Gasteiger partial charge in [-0.05, 0) is 35.9 Å². The van der Waals surface area contributed by atoms with Gasteiger partial charge in [-0.1, -0.05) is 29.8 Å². The second-order valence-electron chi connectivity index (χ2n) is 5.32. The minimum absolute atomic E-state index is 0.0987. The predicted octanol–water partition coefficient (Wildman–Crippen LogP) is 4.09. The Balaban J connectivity index is 1.64. The predicted molar refractivity (Wildman–Crippen MR) is 82.7 cm³/mol. The van der Waals surface area contributed by atoms with Gasteiger partial charge in [0.05, 0.1) is 0 Å². The minimum atomic E-state index is -0.302. The number of halogens is 1. The van der Waals surface area contributed by atoms with Crippen LogP contribution in [0.15, 0.2) is 52.9 Å². The molecule has 0 fully saturated rings. The van der Waals surface area contributed by atoms with Crippen LogP contribution in [0.4, 0.5) is 0 Å². The van der Waals surface area contributed by atoms with Gasteiger partial charge >= 0.3 is 0 Å². The molecule has 21 heavy (non-hydrogen) atoms. The van der Waals surface area contributed by atoms with Crippen LogP contribution in [0, 0.1) is 0 Å². The SMILES string of the molecule is NC(c1cc2cc(Cl)ccc2o1)C1Cc2ccccc2O1. The van der Waals surface area contributed by atoms with E-state index < -0.39 is 0 Å². The van der Waals surface area contributed by atoms with E-state index in [2.05, 4.69) is 6.07 Å². The van der Waals surface area contributed by atoms with Crippen LogP contribution < -0.4 is 10.5 Å². The van der Waals surface area contributed by atoms with Gasteiger partial charge in [-0.2, -0.15) is 0 Å². The number of hydrogen-bond donors (Lipinski definition) is 1. The highest BCUT2D eigenvalue weighted by atomic mass is 35.5. The average molecular weight is 300 g/mol. The summed E-state index contributed by atoms with van der Waals surface area (Å²) in [6, 6.07) is 15.2. The molecule has 106 valence electrons. The molecule has 0 spiro atoms. The number of rotatable bonds is 2. The monoisotopic (exact) mass is 299 g/mol. The van der Waals surface area contributed by atoms with Crippen molar-refractivity contribution in [2.45, 2.75) is 18.6 Å². The number of hydrogen-bond acceptors (Lipinski definition) is 3. The summed E-state index contributed by atoms with van der Waals surface area (Å²) in [5, 5.41) is 1.65. The van der Waals surface area contributed by atoms with Crippen LogP contribution in [-0.4, -0.2) is 6.10 Å². The zero-order valence-electron chi connectivity index (χ0n) is 11.3. The molecule has 0 saturated carbocycles.